The maximum Gasteiger partial charge on any atom is 0.246 e. The lowest BCUT2D eigenvalue weighted by Gasteiger charge is -2.31. The van der Waals surface area contributed by atoms with Crippen molar-refractivity contribution >= 4 is 10.0 Å². The first-order valence-corrected chi connectivity index (χ1v) is 9.38. The zero-order chi connectivity index (χ0) is 17.3. The highest BCUT2D eigenvalue weighted by Crippen LogP contribution is 2.33. The van der Waals surface area contributed by atoms with E-state index in [4.69, 9.17) is 4.74 Å². The zero-order valence-electron chi connectivity index (χ0n) is 14.1. The summed E-state index contributed by atoms with van der Waals surface area (Å²) < 4.78 is 33.1. The van der Waals surface area contributed by atoms with E-state index in [0.29, 0.717) is 18.8 Å². The predicted molar refractivity (Wildman–Crippen MR) is 89.6 cm³/mol. The van der Waals surface area contributed by atoms with Crippen molar-refractivity contribution in [3.05, 3.63) is 35.4 Å². The molecule has 1 fully saturated rings. The average molecular weight is 350 g/mol. The average Bonchev–Trinajstić information content (AvgIpc) is 3.11. The molecule has 24 heavy (non-hydrogen) atoms. The highest BCUT2D eigenvalue weighted by Gasteiger charge is 2.34. The van der Waals surface area contributed by atoms with Crippen LogP contribution in [0.15, 0.2) is 23.4 Å². The Morgan fingerprint density at radius 3 is 2.71 bits per heavy atom. The molecular weight excluding hydrogens is 328 g/mol. The summed E-state index contributed by atoms with van der Waals surface area (Å²) in [6.45, 7) is 4.74. The third-order valence-electron chi connectivity index (χ3n) is 4.60. The van der Waals surface area contributed by atoms with E-state index in [0.717, 1.165) is 29.8 Å². The summed E-state index contributed by atoms with van der Waals surface area (Å²) in [6.07, 6.45) is 3.14. The van der Waals surface area contributed by atoms with E-state index in [1.807, 2.05) is 13.8 Å². The Labute approximate surface area is 142 Å². The van der Waals surface area contributed by atoms with Crippen LogP contribution in [0.3, 0.4) is 0 Å². The van der Waals surface area contributed by atoms with Gasteiger partial charge in [-0.1, -0.05) is 0 Å². The summed E-state index contributed by atoms with van der Waals surface area (Å²) in [7, 11) is -2.13. The van der Waals surface area contributed by atoms with Crippen molar-refractivity contribution < 1.29 is 13.2 Å². The highest BCUT2D eigenvalue weighted by atomic mass is 32.2. The number of sulfonamides is 1. The summed E-state index contributed by atoms with van der Waals surface area (Å²) >= 11 is 0. The molecule has 1 saturated heterocycles. The van der Waals surface area contributed by atoms with Crippen molar-refractivity contribution in [2.45, 2.75) is 37.5 Å². The standard InChI is InChI=1S/C16H22N4O3S/c1-11-7-14(23-3)15(8-12(11)2)24(21,22)20-6-4-5-13(9-20)16-17-10-18-19-16/h7-8,10,13H,4-6,9H2,1-3H3,(H,17,18,19). The van der Waals surface area contributed by atoms with Crippen LogP contribution in [0.4, 0.5) is 0 Å². The third kappa shape index (κ3) is 3.03. The summed E-state index contributed by atoms with van der Waals surface area (Å²) in [6, 6.07) is 3.47. The van der Waals surface area contributed by atoms with Crippen molar-refractivity contribution in [2.24, 2.45) is 0 Å². The number of aromatic nitrogens is 3. The molecule has 1 atom stereocenters. The minimum Gasteiger partial charge on any atom is -0.495 e. The Morgan fingerprint density at radius 2 is 2.04 bits per heavy atom. The van der Waals surface area contributed by atoms with Gasteiger partial charge in [0.1, 0.15) is 22.8 Å². The van der Waals surface area contributed by atoms with Crippen molar-refractivity contribution in [1.82, 2.24) is 19.5 Å². The fraction of sp³-hybridized carbons (Fsp3) is 0.500. The van der Waals surface area contributed by atoms with Gasteiger partial charge in [0.05, 0.1) is 7.11 Å². The molecule has 1 unspecified atom stereocenters. The second kappa shape index (κ2) is 6.52. The van der Waals surface area contributed by atoms with Crippen molar-refractivity contribution in [3.8, 4) is 5.75 Å². The number of nitrogens with one attached hydrogen (secondary N) is 1. The first-order chi connectivity index (χ1) is 11.4. The molecule has 3 rings (SSSR count). The monoisotopic (exact) mass is 350 g/mol. The number of nitrogens with zero attached hydrogens (tertiary/aromatic N) is 3. The van der Waals surface area contributed by atoms with Crippen LogP contribution in [0.2, 0.25) is 0 Å². The Bertz CT molecular complexity index is 818. The van der Waals surface area contributed by atoms with Gasteiger partial charge in [0, 0.05) is 19.0 Å². The number of benzene rings is 1. The molecule has 1 N–H and O–H groups in total. The topological polar surface area (TPSA) is 88.2 Å². The molecule has 0 aliphatic carbocycles. The number of aromatic amines is 1. The van der Waals surface area contributed by atoms with E-state index in [1.165, 1.54) is 17.7 Å². The third-order valence-corrected chi connectivity index (χ3v) is 6.49. The molecule has 0 bridgehead atoms. The van der Waals surface area contributed by atoms with Crippen LogP contribution in [0, 0.1) is 13.8 Å². The predicted octanol–water partition coefficient (Wildman–Crippen LogP) is 2.00. The molecule has 2 heterocycles. The molecule has 0 saturated carbocycles. The Hall–Kier alpha value is -1.93. The molecule has 0 radical (unpaired) electrons. The van der Waals surface area contributed by atoms with Crippen LogP contribution in [-0.2, 0) is 10.0 Å². The number of H-pyrrole nitrogens is 1. The first kappa shape index (κ1) is 16.9. The lowest BCUT2D eigenvalue weighted by Crippen LogP contribution is -2.39. The van der Waals surface area contributed by atoms with E-state index in [2.05, 4.69) is 15.2 Å². The number of ether oxygens (including phenoxy) is 1. The fourth-order valence-corrected chi connectivity index (χ4v) is 4.80. The molecule has 8 heteroatoms. The minimum atomic E-state index is -3.62. The molecule has 1 aliphatic heterocycles. The van der Waals surface area contributed by atoms with Gasteiger partial charge in [-0.05, 0) is 49.9 Å². The first-order valence-electron chi connectivity index (χ1n) is 7.94. The van der Waals surface area contributed by atoms with Gasteiger partial charge in [0.25, 0.3) is 0 Å². The van der Waals surface area contributed by atoms with Crippen LogP contribution in [0.1, 0.15) is 35.7 Å². The van der Waals surface area contributed by atoms with E-state index in [9.17, 15) is 8.42 Å². The normalized spacial score (nSPS) is 19.4. The van der Waals surface area contributed by atoms with E-state index < -0.39 is 10.0 Å². The molecule has 1 aliphatic rings. The van der Waals surface area contributed by atoms with Crippen molar-refractivity contribution in [2.75, 3.05) is 20.2 Å². The second-order valence-corrected chi connectivity index (χ2v) is 8.07. The number of piperidine rings is 1. The molecule has 0 amide bonds. The zero-order valence-corrected chi connectivity index (χ0v) is 14.9. The van der Waals surface area contributed by atoms with Crippen LogP contribution >= 0.6 is 0 Å². The highest BCUT2D eigenvalue weighted by molar-refractivity contribution is 7.89. The van der Waals surface area contributed by atoms with Crippen LogP contribution < -0.4 is 4.74 Å². The molecule has 2 aromatic rings. The lowest BCUT2D eigenvalue weighted by molar-refractivity contribution is 0.307. The largest absolute Gasteiger partial charge is 0.495 e. The molecule has 0 spiro atoms. The Balaban J connectivity index is 1.94. The second-order valence-electron chi connectivity index (χ2n) is 6.16. The van der Waals surface area contributed by atoms with Gasteiger partial charge in [-0.25, -0.2) is 13.4 Å². The lowest BCUT2D eigenvalue weighted by atomic mass is 9.99. The Kier molecular flexibility index (Phi) is 4.60. The van der Waals surface area contributed by atoms with Crippen molar-refractivity contribution in [3.63, 3.8) is 0 Å². The molecule has 7 nitrogen and oxygen atoms in total. The van der Waals surface area contributed by atoms with Crippen LogP contribution in [-0.4, -0.2) is 48.1 Å². The Morgan fingerprint density at radius 1 is 1.29 bits per heavy atom. The van der Waals surface area contributed by atoms with Gasteiger partial charge in [-0.3, -0.25) is 5.10 Å². The quantitative estimate of drug-likeness (QED) is 0.911. The van der Waals surface area contributed by atoms with Gasteiger partial charge in [-0.15, -0.1) is 0 Å². The minimum absolute atomic E-state index is 0.0357. The summed E-state index contributed by atoms with van der Waals surface area (Å²) in [5.74, 6) is 1.16. The van der Waals surface area contributed by atoms with Crippen LogP contribution in [0.25, 0.3) is 0 Å². The number of aryl methyl sites for hydroxylation is 2. The number of rotatable bonds is 4. The fourth-order valence-electron chi connectivity index (χ4n) is 3.06. The number of hydrogen-bond acceptors (Lipinski definition) is 5. The summed E-state index contributed by atoms with van der Waals surface area (Å²) in [4.78, 5) is 4.40. The maximum absolute atomic E-state index is 13.1. The van der Waals surface area contributed by atoms with Gasteiger partial charge in [-0.2, -0.15) is 9.40 Å². The van der Waals surface area contributed by atoms with Crippen molar-refractivity contribution in [1.29, 1.82) is 0 Å². The smallest absolute Gasteiger partial charge is 0.246 e. The van der Waals surface area contributed by atoms with Gasteiger partial charge < -0.3 is 4.74 Å². The number of hydrogen-bond donors (Lipinski definition) is 1. The summed E-state index contributed by atoms with van der Waals surface area (Å²) in [5.41, 5.74) is 1.93. The van der Waals surface area contributed by atoms with E-state index in [1.54, 1.807) is 12.1 Å². The summed E-state index contributed by atoms with van der Waals surface area (Å²) in [5, 5.41) is 6.72. The molecular formula is C16H22N4O3S. The van der Waals surface area contributed by atoms with Gasteiger partial charge in [0.2, 0.25) is 10.0 Å². The molecule has 1 aromatic carbocycles. The molecule has 130 valence electrons. The van der Waals surface area contributed by atoms with Crippen LogP contribution in [0.5, 0.6) is 5.75 Å². The van der Waals surface area contributed by atoms with Gasteiger partial charge >= 0.3 is 0 Å². The van der Waals surface area contributed by atoms with E-state index >= 15 is 0 Å². The SMILES string of the molecule is COc1cc(C)c(C)cc1S(=O)(=O)N1CCCC(c2ncn[nH]2)C1. The van der Waals surface area contributed by atoms with E-state index in [-0.39, 0.29) is 10.8 Å². The van der Waals surface area contributed by atoms with Gasteiger partial charge in [0.15, 0.2) is 0 Å². The maximum atomic E-state index is 13.1. The molecule has 1 aromatic heterocycles. The number of methoxy groups -OCH3 is 1.